The van der Waals surface area contributed by atoms with Crippen molar-refractivity contribution in [3.05, 3.63) is 41.4 Å². The molecule has 1 saturated heterocycles. The summed E-state index contributed by atoms with van der Waals surface area (Å²) < 4.78 is 42.4. The highest BCUT2D eigenvalue weighted by Gasteiger charge is 2.25. The molecule has 37 heavy (non-hydrogen) atoms. The number of methoxy groups -OCH3 is 2. The fourth-order valence-corrected chi connectivity index (χ4v) is 6.40. The average molecular weight is 591 g/mol. The number of sulfone groups is 1. The summed E-state index contributed by atoms with van der Waals surface area (Å²) in [7, 11) is -0.601. The average Bonchev–Trinajstić information content (AvgIpc) is 3.34. The summed E-state index contributed by atoms with van der Waals surface area (Å²) in [6.45, 7) is 3.80. The maximum Gasteiger partial charge on any atom is 0.229 e. The predicted molar refractivity (Wildman–Crippen MR) is 148 cm³/mol. The summed E-state index contributed by atoms with van der Waals surface area (Å²) >= 11 is 7.68. The Bertz CT molecular complexity index is 1310. The zero-order valence-electron chi connectivity index (χ0n) is 20.5. The van der Waals surface area contributed by atoms with Gasteiger partial charge in [-0.1, -0.05) is 22.9 Å². The van der Waals surface area contributed by atoms with Crippen LogP contribution in [0.4, 0.5) is 5.13 Å². The van der Waals surface area contributed by atoms with Crippen molar-refractivity contribution in [2.24, 2.45) is 0 Å². The minimum atomic E-state index is -3.66. The number of amides is 1. The van der Waals surface area contributed by atoms with Gasteiger partial charge in [0.15, 0.2) is 15.0 Å². The highest BCUT2D eigenvalue weighted by Crippen LogP contribution is 2.39. The highest BCUT2D eigenvalue weighted by atomic mass is 35.5. The van der Waals surface area contributed by atoms with Crippen LogP contribution in [0.3, 0.4) is 0 Å². The Labute approximate surface area is 231 Å². The van der Waals surface area contributed by atoms with Crippen LogP contribution in [0.15, 0.2) is 41.3 Å². The number of carbonyl (C=O) groups excluding carboxylic acids is 1. The van der Waals surface area contributed by atoms with E-state index in [0.717, 1.165) is 13.1 Å². The second kappa shape index (κ2) is 13.1. The van der Waals surface area contributed by atoms with Crippen LogP contribution in [-0.2, 0) is 19.4 Å². The molecule has 1 aromatic heterocycles. The number of aromatic nitrogens is 1. The summed E-state index contributed by atoms with van der Waals surface area (Å²) in [5.41, 5.74) is 0.569. The van der Waals surface area contributed by atoms with E-state index in [1.807, 2.05) is 0 Å². The summed E-state index contributed by atoms with van der Waals surface area (Å²) in [5, 5.41) is 0.966. The molecule has 0 spiro atoms. The van der Waals surface area contributed by atoms with Gasteiger partial charge in [-0.3, -0.25) is 14.6 Å². The van der Waals surface area contributed by atoms with E-state index in [-0.39, 0.29) is 35.4 Å². The summed E-state index contributed by atoms with van der Waals surface area (Å²) in [5.74, 6) is 0.472. The Balaban J connectivity index is 0.00000380. The zero-order valence-corrected chi connectivity index (χ0v) is 23.7. The highest BCUT2D eigenvalue weighted by molar-refractivity contribution is 7.91. The van der Waals surface area contributed by atoms with Gasteiger partial charge in [-0.2, -0.15) is 0 Å². The van der Waals surface area contributed by atoms with Gasteiger partial charge in [-0.25, -0.2) is 13.4 Å². The second-order valence-corrected chi connectivity index (χ2v) is 11.7. The molecule has 0 radical (unpaired) electrons. The van der Waals surface area contributed by atoms with E-state index >= 15 is 0 Å². The van der Waals surface area contributed by atoms with Crippen LogP contribution < -0.4 is 14.4 Å². The normalized spacial score (nSPS) is 14.2. The van der Waals surface area contributed by atoms with Crippen LogP contribution in [0.25, 0.3) is 10.2 Å². The van der Waals surface area contributed by atoms with Crippen molar-refractivity contribution in [2.45, 2.75) is 11.3 Å². The SMILES string of the molecule is COc1ccc(S(=O)(=O)CCC(=O)N(CCN2CCOCC2)c2nc3c(OC)ccc(Cl)c3s2)cc1.Cl. The van der Waals surface area contributed by atoms with E-state index in [0.29, 0.717) is 58.2 Å². The van der Waals surface area contributed by atoms with E-state index in [1.165, 1.54) is 30.6 Å². The number of anilines is 1. The molecule has 1 fully saturated rings. The molecule has 0 atom stereocenters. The maximum absolute atomic E-state index is 13.4. The number of morpholine rings is 1. The molecule has 2 heterocycles. The summed E-state index contributed by atoms with van der Waals surface area (Å²) in [6.07, 6.45) is -0.182. The fourth-order valence-electron chi connectivity index (χ4n) is 3.87. The lowest BCUT2D eigenvalue weighted by atomic mass is 10.3. The minimum Gasteiger partial charge on any atom is -0.497 e. The van der Waals surface area contributed by atoms with Gasteiger partial charge in [-0.05, 0) is 36.4 Å². The van der Waals surface area contributed by atoms with Crippen molar-refractivity contribution in [2.75, 3.05) is 64.3 Å². The van der Waals surface area contributed by atoms with Gasteiger partial charge in [-0.15, -0.1) is 12.4 Å². The maximum atomic E-state index is 13.4. The largest absolute Gasteiger partial charge is 0.497 e. The van der Waals surface area contributed by atoms with Crippen molar-refractivity contribution in [3.8, 4) is 11.5 Å². The van der Waals surface area contributed by atoms with Gasteiger partial charge in [0.25, 0.3) is 0 Å². The number of fused-ring (bicyclic) bond motifs is 1. The fraction of sp³-hybridized carbons (Fsp3) is 0.417. The Hall–Kier alpha value is -2.15. The van der Waals surface area contributed by atoms with Crippen LogP contribution in [-0.4, -0.2) is 83.6 Å². The van der Waals surface area contributed by atoms with Crippen LogP contribution >= 0.6 is 35.3 Å². The van der Waals surface area contributed by atoms with Crippen molar-refractivity contribution in [1.29, 1.82) is 0 Å². The molecule has 1 aliphatic rings. The van der Waals surface area contributed by atoms with E-state index in [9.17, 15) is 13.2 Å². The lowest BCUT2D eigenvalue weighted by molar-refractivity contribution is -0.118. The summed E-state index contributed by atoms with van der Waals surface area (Å²) in [4.78, 5) is 22.0. The third kappa shape index (κ3) is 7.04. The van der Waals surface area contributed by atoms with Crippen molar-refractivity contribution in [3.63, 3.8) is 0 Å². The Morgan fingerprint density at radius 3 is 2.49 bits per heavy atom. The van der Waals surface area contributed by atoms with Gasteiger partial charge in [0.05, 0.1) is 47.8 Å². The van der Waals surface area contributed by atoms with E-state index in [1.54, 1.807) is 36.3 Å². The molecular weight excluding hydrogens is 561 g/mol. The number of carbonyl (C=O) groups is 1. The van der Waals surface area contributed by atoms with Gasteiger partial charge < -0.3 is 14.2 Å². The molecule has 0 N–H and O–H groups in total. The molecule has 0 aliphatic carbocycles. The lowest BCUT2D eigenvalue weighted by Crippen LogP contribution is -2.43. The monoisotopic (exact) mass is 589 g/mol. The number of benzene rings is 2. The standard InChI is InChI=1S/C24H28ClN3O6S2.ClH/c1-32-17-3-5-18(6-4-17)36(30,31)16-9-21(29)28(11-10-27-12-14-34-15-13-27)24-26-22-20(33-2)8-7-19(25)23(22)35-24;/h3-8H,9-16H2,1-2H3;1H. The molecule has 3 aromatic rings. The predicted octanol–water partition coefficient (Wildman–Crippen LogP) is 3.92. The number of halogens is 2. The quantitative estimate of drug-likeness (QED) is 0.351. The minimum absolute atomic E-state index is 0. The number of thiazole rings is 1. The molecule has 2 aromatic carbocycles. The first-order chi connectivity index (χ1) is 17.3. The van der Waals surface area contributed by atoms with Crippen LogP contribution in [0.5, 0.6) is 11.5 Å². The van der Waals surface area contributed by atoms with E-state index in [2.05, 4.69) is 9.88 Å². The zero-order chi connectivity index (χ0) is 25.7. The van der Waals surface area contributed by atoms with Gasteiger partial charge in [0.2, 0.25) is 5.91 Å². The molecule has 9 nitrogen and oxygen atoms in total. The Morgan fingerprint density at radius 1 is 1.14 bits per heavy atom. The second-order valence-electron chi connectivity index (χ2n) is 8.17. The smallest absolute Gasteiger partial charge is 0.229 e. The molecule has 0 saturated carbocycles. The number of nitrogens with zero attached hydrogens (tertiary/aromatic N) is 3. The van der Waals surface area contributed by atoms with Crippen LogP contribution in [0.1, 0.15) is 6.42 Å². The molecule has 0 bridgehead atoms. The molecular formula is C24H29Cl2N3O6S2. The number of hydrogen-bond acceptors (Lipinski definition) is 9. The lowest BCUT2D eigenvalue weighted by Gasteiger charge is -2.29. The first-order valence-electron chi connectivity index (χ1n) is 11.4. The topological polar surface area (TPSA) is 98.3 Å². The number of hydrogen-bond donors (Lipinski definition) is 0. The molecule has 1 amide bonds. The number of ether oxygens (including phenoxy) is 3. The Morgan fingerprint density at radius 2 is 1.84 bits per heavy atom. The van der Waals surface area contributed by atoms with Gasteiger partial charge in [0, 0.05) is 32.6 Å². The van der Waals surface area contributed by atoms with Crippen molar-refractivity contribution in [1.82, 2.24) is 9.88 Å². The Kier molecular flexibility index (Phi) is 10.4. The molecule has 4 rings (SSSR count). The van der Waals surface area contributed by atoms with E-state index in [4.69, 9.17) is 25.8 Å². The van der Waals surface area contributed by atoms with Crippen molar-refractivity contribution >= 4 is 66.4 Å². The molecule has 13 heteroatoms. The first kappa shape index (κ1) is 29.4. The van der Waals surface area contributed by atoms with Crippen molar-refractivity contribution < 1.29 is 27.4 Å². The first-order valence-corrected chi connectivity index (χ1v) is 14.3. The molecule has 202 valence electrons. The van der Waals surface area contributed by atoms with Gasteiger partial charge >= 0.3 is 0 Å². The third-order valence-electron chi connectivity index (χ3n) is 5.95. The van der Waals surface area contributed by atoms with Crippen LogP contribution in [0, 0.1) is 0 Å². The van der Waals surface area contributed by atoms with E-state index < -0.39 is 9.84 Å². The van der Waals surface area contributed by atoms with Crippen LogP contribution in [0.2, 0.25) is 5.02 Å². The molecule has 0 unspecified atom stereocenters. The summed E-state index contributed by atoms with van der Waals surface area (Å²) in [6, 6.07) is 9.60. The number of rotatable bonds is 10. The molecule has 1 aliphatic heterocycles. The third-order valence-corrected chi connectivity index (χ3v) is 9.22. The van der Waals surface area contributed by atoms with Gasteiger partial charge in [0.1, 0.15) is 17.0 Å².